The zero-order chi connectivity index (χ0) is 21.1. The van der Waals surface area contributed by atoms with Crippen molar-refractivity contribution < 1.29 is 18.7 Å². The summed E-state index contributed by atoms with van der Waals surface area (Å²) >= 11 is 5.89. The number of carbonyl (C=O) groups is 2. The van der Waals surface area contributed by atoms with Crippen LogP contribution in [0.15, 0.2) is 71.0 Å². The first-order valence-corrected chi connectivity index (χ1v) is 9.79. The quantitative estimate of drug-likeness (QED) is 0.586. The lowest BCUT2D eigenvalue weighted by Gasteiger charge is -2.21. The Bertz CT molecular complexity index is 1100. The molecule has 0 saturated heterocycles. The van der Waals surface area contributed by atoms with Gasteiger partial charge in [0.15, 0.2) is 11.5 Å². The fourth-order valence-electron chi connectivity index (χ4n) is 3.10. The molecule has 7 heteroatoms. The molecule has 0 bridgehead atoms. The Morgan fingerprint density at radius 1 is 1.20 bits per heavy atom. The zero-order valence-electron chi connectivity index (χ0n) is 16.1. The number of carbonyl (C=O) groups excluding carboxylic acids is 2. The highest BCUT2D eigenvalue weighted by molar-refractivity contribution is 6.30. The first-order valence-electron chi connectivity index (χ1n) is 9.42. The zero-order valence-corrected chi connectivity index (χ0v) is 16.9. The lowest BCUT2D eigenvalue weighted by Crippen LogP contribution is -2.34. The molecular formula is C23H19ClN2O4. The molecular weight excluding hydrogens is 404 g/mol. The van der Waals surface area contributed by atoms with E-state index in [-0.39, 0.29) is 23.6 Å². The number of furan rings is 1. The van der Waals surface area contributed by atoms with Crippen molar-refractivity contribution in [2.24, 2.45) is 0 Å². The molecule has 30 heavy (non-hydrogen) atoms. The number of amides is 2. The predicted octanol–water partition coefficient (Wildman–Crippen LogP) is 4.67. The molecule has 0 radical (unpaired) electrons. The number of ether oxygens (including phenoxy) is 1. The molecule has 3 aromatic rings. The molecule has 1 aromatic heterocycles. The number of hydrogen-bond acceptors (Lipinski definition) is 4. The van der Waals surface area contributed by atoms with Crippen molar-refractivity contribution in [1.29, 1.82) is 0 Å². The van der Waals surface area contributed by atoms with Crippen LogP contribution in [0.4, 0.5) is 5.69 Å². The van der Waals surface area contributed by atoms with E-state index in [0.717, 1.165) is 11.3 Å². The van der Waals surface area contributed by atoms with Crippen LogP contribution in [0.25, 0.3) is 6.08 Å². The lowest BCUT2D eigenvalue weighted by atomic mass is 10.1. The molecule has 0 aliphatic carbocycles. The minimum atomic E-state index is -0.388. The van der Waals surface area contributed by atoms with Gasteiger partial charge in [-0.25, -0.2) is 0 Å². The number of rotatable bonds is 5. The standard InChI is InChI=1S/C23H19ClN2O4/c1-14(11-18-3-2-10-29-18)25-22(27)16-6-9-20-19(13-16)26-23(28)21(30-20)12-15-4-7-17(24)8-5-15/h2-10,12-14H,11H2,1H3,(H,25,27)(H,26,28). The van der Waals surface area contributed by atoms with Gasteiger partial charge in [-0.3, -0.25) is 9.59 Å². The maximum absolute atomic E-state index is 12.6. The normalized spacial score (nSPS) is 15.1. The van der Waals surface area contributed by atoms with Gasteiger partial charge in [-0.1, -0.05) is 23.7 Å². The van der Waals surface area contributed by atoms with Crippen LogP contribution >= 0.6 is 11.6 Å². The Labute approximate surface area is 178 Å². The predicted molar refractivity (Wildman–Crippen MR) is 114 cm³/mol. The maximum Gasteiger partial charge on any atom is 0.291 e. The molecule has 6 nitrogen and oxygen atoms in total. The van der Waals surface area contributed by atoms with Crippen LogP contribution in [0, 0.1) is 0 Å². The average molecular weight is 423 g/mol. The van der Waals surface area contributed by atoms with Crippen LogP contribution in [0.5, 0.6) is 5.75 Å². The smallest absolute Gasteiger partial charge is 0.291 e. The molecule has 1 aliphatic rings. The van der Waals surface area contributed by atoms with Crippen molar-refractivity contribution in [3.8, 4) is 5.75 Å². The van der Waals surface area contributed by atoms with Crippen LogP contribution in [-0.2, 0) is 11.2 Å². The van der Waals surface area contributed by atoms with Crippen molar-refractivity contribution in [1.82, 2.24) is 5.32 Å². The van der Waals surface area contributed by atoms with Gasteiger partial charge in [0, 0.05) is 23.0 Å². The van der Waals surface area contributed by atoms with E-state index in [4.69, 9.17) is 20.8 Å². The second-order valence-electron chi connectivity index (χ2n) is 6.99. The van der Waals surface area contributed by atoms with Gasteiger partial charge in [0.05, 0.1) is 12.0 Å². The van der Waals surface area contributed by atoms with Gasteiger partial charge in [0.25, 0.3) is 11.8 Å². The van der Waals surface area contributed by atoms with Crippen molar-refractivity contribution in [3.63, 3.8) is 0 Å². The third-order valence-electron chi connectivity index (χ3n) is 4.57. The average Bonchev–Trinajstić information content (AvgIpc) is 3.22. The Balaban J connectivity index is 1.46. The number of fused-ring (bicyclic) bond motifs is 1. The second kappa shape index (κ2) is 8.47. The van der Waals surface area contributed by atoms with Gasteiger partial charge in [0.1, 0.15) is 5.76 Å². The molecule has 0 fully saturated rings. The summed E-state index contributed by atoms with van der Waals surface area (Å²) in [6, 6.07) is 15.5. The summed E-state index contributed by atoms with van der Waals surface area (Å²) in [5, 5.41) is 6.31. The van der Waals surface area contributed by atoms with Crippen LogP contribution in [0.3, 0.4) is 0 Å². The van der Waals surface area contributed by atoms with Crippen LogP contribution < -0.4 is 15.4 Å². The maximum atomic E-state index is 12.6. The molecule has 2 aromatic carbocycles. The van der Waals surface area contributed by atoms with Gasteiger partial charge in [0.2, 0.25) is 0 Å². The first kappa shape index (κ1) is 19.8. The summed E-state index contributed by atoms with van der Waals surface area (Å²) in [6.45, 7) is 1.90. The fraction of sp³-hybridized carbons (Fsp3) is 0.130. The van der Waals surface area contributed by atoms with Gasteiger partial charge in [-0.05, 0) is 61.0 Å². The summed E-state index contributed by atoms with van der Waals surface area (Å²) in [7, 11) is 0. The highest BCUT2D eigenvalue weighted by atomic mass is 35.5. The molecule has 2 N–H and O–H groups in total. The van der Waals surface area contributed by atoms with E-state index >= 15 is 0 Å². The molecule has 4 rings (SSSR count). The van der Waals surface area contributed by atoms with Crippen LogP contribution in [0.1, 0.15) is 28.6 Å². The highest BCUT2D eigenvalue weighted by Crippen LogP contribution is 2.32. The van der Waals surface area contributed by atoms with E-state index in [1.165, 1.54) is 0 Å². The number of hydrogen-bond donors (Lipinski definition) is 2. The SMILES string of the molecule is CC(Cc1ccco1)NC(=O)c1ccc2c(c1)NC(=O)C(=Cc1ccc(Cl)cc1)O2. The van der Waals surface area contributed by atoms with Crippen molar-refractivity contribution in [2.75, 3.05) is 5.32 Å². The monoisotopic (exact) mass is 422 g/mol. The third-order valence-corrected chi connectivity index (χ3v) is 4.82. The highest BCUT2D eigenvalue weighted by Gasteiger charge is 2.23. The Hall–Kier alpha value is -3.51. The van der Waals surface area contributed by atoms with Crippen LogP contribution in [-0.4, -0.2) is 17.9 Å². The van der Waals surface area contributed by atoms with Crippen LogP contribution in [0.2, 0.25) is 5.02 Å². The van der Waals surface area contributed by atoms with Crippen molar-refractivity contribution in [2.45, 2.75) is 19.4 Å². The molecule has 1 aliphatic heterocycles. The molecule has 1 atom stereocenters. The topological polar surface area (TPSA) is 80.6 Å². The molecule has 2 heterocycles. The van der Waals surface area contributed by atoms with E-state index in [2.05, 4.69) is 10.6 Å². The lowest BCUT2D eigenvalue weighted by molar-refractivity contribution is -0.115. The van der Waals surface area contributed by atoms with Gasteiger partial charge in [-0.15, -0.1) is 0 Å². The third kappa shape index (κ3) is 4.55. The molecule has 2 amide bonds. The van der Waals surface area contributed by atoms with E-state index in [1.807, 2.05) is 19.1 Å². The number of nitrogens with one attached hydrogen (secondary N) is 2. The van der Waals surface area contributed by atoms with Gasteiger partial charge >= 0.3 is 0 Å². The number of halogens is 1. The van der Waals surface area contributed by atoms with E-state index < -0.39 is 0 Å². The van der Waals surface area contributed by atoms with Crippen molar-refractivity contribution in [3.05, 3.63) is 88.5 Å². The van der Waals surface area contributed by atoms with E-state index in [9.17, 15) is 9.59 Å². The van der Waals surface area contributed by atoms with Crippen molar-refractivity contribution >= 4 is 35.2 Å². The first-order chi connectivity index (χ1) is 14.5. The summed E-state index contributed by atoms with van der Waals surface area (Å²) in [4.78, 5) is 25.0. The molecule has 0 spiro atoms. The minimum Gasteiger partial charge on any atom is -0.469 e. The molecule has 1 unspecified atom stereocenters. The molecule has 152 valence electrons. The summed E-state index contributed by atoms with van der Waals surface area (Å²) < 4.78 is 11.0. The number of benzene rings is 2. The Kier molecular flexibility index (Phi) is 5.59. The minimum absolute atomic E-state index is 0.112. The van der Waals surface area contributed by atoms with Gasteiger partial charge in [-0.2, -0.15) is 0 Å². The Morgan fingerprint density at radius 3 is 2.73 bits per heavy atom. The fourth-order valence-corrected chi connectivity index (χ4v) is 3.23. The number of anilines is 1. The van der Waals surface area contributed by atoms with E-state index in [1.54, 1.807) is 54.8 Å². The summed E-state index contributed by atoms with van der Waals surface area (Å²) in [6.07, 6.45) is 3.82. The van der Waals surface area contributed by atoms with E-state index in [0.29, 0.717) is 28.4 Å². The summed E-state index contributed by atoms with van der Waals surface area (Å²) in [5.41, 5.74) is 1.66. The molecule has 0 saturated carbocycles. The Morgan fingerprint density at radius 2 is 2.00 bits per heavy atom. The van der Waals surface area contributed by atoms with Gasteiger partial charge < -0.3 is 19.8 Å². The summed E-state index contributed by atoms with van der Waals surface area (Å²) in [5.74, 6) is 0.799. The second-order valence-corrected chi connectivity index (χ2v) is 7.42. The largest absolute Gasteiger partial charge is 0.469 e.